The highest BCUT2D eigenvalue weighted by Crippen LogP contribution is 2.33. The molecule has 2 heterocycles. The number of fused-ring (bicyclic) bond motifs is 1. The molecule has 0 N–H and O–H groups in total. The van der Waals surface area contributed by atoms with E-state index in [9.17, 15) is 13.2 Å². The molecule has 0 spiro atoms. The molecule has 0 saturated carbocycles. The van der Waals surface area contributed by atoms with Crippen LogP contribution in [0.2, 0.25) is 0 Å². The molecule has 34 heavy (non-hydrogen) atoms. The molecule has 0 fully saturated rings. The van der Waals surface area contributed by atoms with Crippen molar-refractivity contribution in [3.05, 3.63) is 89.2 Å². The molecule has 1 amide bonds. The van der Waals surface area contributed by atoms with Crippen molar-refractivity contribution >= 4 is 42.4 Å². The van der Waals surface area contributed by atoms with Gasteiger partial charge < -0.3 is 0 Å². The highest BCUT2D eigenvalue weighted by molar-refractivity contribution is 7.90. The number of pyridine rings is 1. The van der Waals surface area contributed by atoms with E-state index in [0.29, 0.717) is 5.13 Å². The molecule has 0 bridgehead atoms. The smallest absolute Gasteiger partial charge is 0.229 e. The summed E-state index contributed by atoms with van der Waals surface area (Å²) in [6, 6.07) is 18.8. The van der Waals surface area contributed by atoms with Gasteiger partial charge in [-0.2, -0.15) is 0 Å². The zero-order chi connectivity index (χ0) is 24.1. The Bertz CT molecular complexity index is 1390. The van der Waals surface area contributed by atoms with Crippen LogP contribution in [-0.2, 0) is 26.9 Å². The Labute approximate surface area is 204 Å². The summed E-state index contributed by atoms with van der Waals surface area (Å²) in [5.41, 5.74) is 4.64. The topological polar surface area (TPSA) is 80.2 Å². The fourth-order valence-electron chi connectivity index (χ4n) is 3.72. The lowest BCUT2D eigenvalue weighted by molar-refractivity contribution is -0.118. The van der Waals surface area contributed by atoms with Crippen LogP contribution in [0.4, 0.5) is 5.13 Å². The lowest BCUT2D eigenvalue weighted by atomic mass is 10.1. The van der Waals surface area contributed by atoms with Gasteiger partial charge in [-0.1, -0.05) is 53.8 Å². The van der Waals surface area contributed by atoms with Crippen LogP contribution in [0.25, 0.3) is 10.2 Å². The van der Waals surface area contributed by atoms with Crippen LogP contribution in [0.3, 0.4) is 0 Å². The van der Waals surface area contributed by atoms with Crippen molar-refractivity contribution in [1.29, 1.82) is 0 Å². The van der Waals surface area contributed by atoms with Crippen molar-refractivity contribution < 1.29 is 13.2 Å². The van der Waals surface area contributed by atoms with Crippen molar-refractivity contribution in [1.82, 2.24) is 9.97 Å². The number of thiazole rings is 1. The number of hydrogen-bond donors (Lipinski definition) is 0. The average molecular weight is 494 g/mol. The SMILES string of the molecule is Cc1ccc2sc(N(Cc3ccccn3)C(=O)CCCS(=O)(=O)Cc3ccccc3)nc2c1C. The normalized spacial score (nSPS) is 11.6. The van der Waals surface area contributed by atoms with E-state index in [1.54, 1.807) is 23.2 Å². The summed E-state index contributed by atoms with van der Waals surface area (Å²) in [6.07, 6.45) is 2.07. The lowest BCUT2D eigenvalue weighted by Crippen LogP contribution is -2.31. The number of anilines is 1. The van der Waals surface area contributed by atoms with Gasteiger partial charge in [-0.3, -0.25) is 14.7 Å². The van der Waals surface area contributed by atoms with Crippen LogP contribution in [-0.4, -0.2) is 30.0 Å². The first-order chi connectivity index (χ1) is 16.3. The lowest BCUT2D eigenvalue weighted by Gasteiger charge is -2.19. The number of amides is 1. The molecule has 6 nitrogen and oxygen atoms in total. The quantitative estimate of drug-likeness (QED) is 0.319. The van der Waals surface area contributed by atoms with Crippen LogP contribution in [0.5, 0.6) is 0 Å². The maximum atomic E-state index is 13.3. The highest BCUT2D eigenvalue weighted by Gasteiger charge is 2.22. The van der Waals surface area contributed by atoms with Gasteiger partial charge in [-0.25, -0.2) is 13.4 Å². The Balaban J connectivity index is 1.51. The molecule has 0 aliphatic rings. The van der Waals surface area contributed by atoms with Crippen molar-refractivity contribution in [3.63, 3.8) is 0 Å². The zero-order valence-corrected chi connectivity index (χ0v) is 20.9. The molecule has 0 aliphatic carbocycles. The Kier molecular flexibility index (Phi) is 7.38. The van der Waals surface area contributed by atoms with Crippen molar-refractivity contribution in [3.8, 4) is 0 Å². The van der Waals surface area contributed by atoms with Gasteiger partial charge >= 0.3 is 0 Å². The molecule has 4 rings (SSSR count). The summed E-state index contributed by atoms with van der Waals surface area (Å²) < 4.78 is 26.1. The van der Waals surface area contributed by atoms with E-state index in [2.05, 4.69) is 11.1 Å². The number of nitrogens with zero attached hydrogens (tertiary/aromatic N) is 3. The van der Waals surface area contributed by atoms with Gasteiger partial charge in [0.2, 0.25) is 5.91 Å². The van der Waals surface area contributed by atoms with Gasteiger partial charge in [0.15, 0.2) is 15.0 Å². The van der Waals surface area contributed by atoms with Gasteiger partial charge in [-0.05, 0) is 55.2 Å². The second-order valence-corrected chi connectivity index (χ2v) is 11.5. The van der Waals surface area contributed by atoms with Crippen molar-refractivity contribution in [2.45, 2.75) is 39.0 Å². The van der Waals surface area contributed by atoms with Crippen LogP contribution in [0.15, 0.2) is 66.9 Å². The van der Waals surface area contributed by atoms with Gasteiger partial charge in [0.1, 0.15) is 0 Å². The largest absolute Gasteiger partial charge is 0.282 e. The molecule has 0 saturated heterocycles. The van der Waals surface area contributed by atoms with E-state index >= 15 is 0 Å². The Morgan fingerprint density at radius 2 is 1.76 bits per heavy atom. The average Bonchev–Trinajstić information content (AvgIpc) is 3.25. The molecular formula is C26H27N3O3S2. The molecule has 4 aromatic rings. The number of aromatic nitrogens is 2. The minimum atomic E-state index is -3.31. The molecule has 8 heteroatoms. The summed E-state index contributed by atoms with van der Waals surface area (Å²) in [6.45, 7) is 4.36. The third-order valence-electron chi connectivity index (χ3n) is 5.73. The number of sulfone groups is 1. The van der Waals surface area contributed by atoms with Gasteiger partial charge in [0.05, 0.1) is 34.0 Å². The minimum absolute atomic E-state index is 0.0177. The molecule has 2 aromatic heterocycles. The first-order valence-corrected chi connectivity index (χ1v) is 13.8. The number of benzene rings is 2. The fraction of sp³-hybridized carbons (Fsp3) is 0.269. The van der Waals surface area contributed by atoms with Crippen LogP contribution < -0.4 is 4.90 Å². The molecule has 0 atom stereocenters. The number of carbonyl (C=O) groups excluding carboxylic acids is 1. The zero-order valence-electron chi connectivity index (χ0n) is 19.3. The van der Waals surface area contributed by atoms with Crippen LogP contribution in [0.1, 0.15) is 35.2 Å². The Morgan fingerprint density at radius 3 is 2.50 bits per heavy atom. The van der Waals surface area contributed by atoms with E-state index in [0.717, 1.165) is 32.6 Å². The molecule has 176 valence electrons. The predicted molar refractivity (Wildman–Crippen MR) is 138 cm³/mol. The Hall–Kier alpha value is -3.10. The van der Waals surface area contributed by atoms with E-state index in [4.69, 9.17) is 4.98 Å². The number of carbonyl (C=O) groups is 1. The molecule has 0 aliphatic heterocycles. The summed E-state index contributed by atoms with van der Waals surface area (Å²) in [5, 5.41) is 0.603. The molecule has 0 unspecified atom stereocenters. The highest BCUT2D eigenvalue weighted by atomic mass is 32.2. The van der Waals surface area contributed by atoms with E-state index in [1.807, 2.05) is 56.3 Å². The summed E-state index contributed by atoms with van der Waals surface area (Å²) in [4.78, 5) is 24.1. The van der Waals surface area contributed by atoms with Crippen LogP contribution in [0, 0.1) is 13.8 Å². The van der Waals surface area contributed by atoms with Crippen molar-refractivity contribution in [2.75, 3.05) is 10.7 Å². The van der Waals surface area contributed by atoms with Gasteiger partial charge in [0, 0.05) is 12.6 Å². The monoisotopic (exact) mass is 493 g/mol. The number of aryl methyl sites for hydroxylation is 2. The first-order valence-electron chi connectivity index (χ1n) is 11.1. The van der Waals surface area contributed by atoms with Gasteiger partial charge in [0.25, 0.3) is 0 Å². The second-order valence-electron chi connectivity index (χ2n) is 8.33. The molecule has 0 radical (unpaired) electrons. The molecule has 2 aromatic carbocycles. The fourth-order valence-corrected chi connectivity index (χ4v) is 6.19. The first kappa shape index (κ1) is 24.0. The van der Waals surface area contributed by atoms with Gasteiger partial charge in [-0.15, -0.1) is 0 Å². The van der Waals surface area contributed by atoms with E-state index in [1.165, 1.54) is 11.3 Å². The Morgan fingerprint density at radius 1 is 1.00 bits per heavy atom. The van der Waals surface area contributed by atoms with Crippen LogP contribution >= 0.6 is 11.3 Å². The van der Waals surface area contributed by atoms with E-state index in [-0.39, 0.29) is 36.8 Å². The second kappa shape index (κ2) is 10.4. The third-order valence-corrected chi connectivity index (χ3v) is 8.45. The predicted octanol–water partition coefficient (Wildman–Crippen LogP) is 5.24. The third kappa shape index (κ3) is 5.87. The summed E-state index contributed by atoms with van der Waals surface area (Å²) in [7, 11) is -3.31. The summed E-state index contributed by atoms with van der Waals surface area (Å²) in [5.74, 6) is -0.215. The van der Waals surface area contributed by atoms with E-state index < -0.39 is 9.84 Å². The maximum Gasteiger partial charge on any atom is 0.229 e. The number of rotatable bonds is 9. The summed E-state index contributed by atoms with van der Waals surface area (Å²) >= 11 is 1.46. The van der Waals surface area contributed by atoms with Crippen molar-refractivity contribution in [2.24, 2.45) is 0 Å². The number of hydrogen-bond acceptors (Lipinski definition) is 6. The maximum absolute atomic E-state index is 13.3. The molecular weight excluding hydrogens is 466 g/mol. The standard InChI is InChI=1S/C26H27N3O3S2/c1-19-13-14-23-25(20(19)2)28-26(33-23)29(17-22-11-6-7-15-27-22)24(30)12-8-16-34(31,32)18-21-9-4-3-5-10-21/h3-7,9-11,13-15H,8,12,16-18H2,1-2H3. The minimum Gasteiger partial charge on any atom is -0.282 e.